The molecule has 20 heavy (non-hydrogen) atoms. The van der Waals surface area contributed by atoms with Crippen LogP contribution in [0.2, 0.25) is 0 Å². The summed E-state index contributed by atoms with van der Waals surface area (Å²) in [5, 5.41) is 9.29. The number of carboxylic acids is 1. The van der Waals surface area contributed by atoms with Crippen molar-refractivity contribution >= 4 is 11.9 Å². The van der Waals surface area contributed by atoms with Gasteiger partial charge >= 0.3 is 5.97 Å². The molecule has 1 amide bonds. The van der Waals surface area contributed by atoms with Gasteiger partial charge in [-0.1, -0.05) is 30.9 Å². The first-order valence-electron chi connectivity index (χ1n) is 7.75. The van der Waals surface area contributed by atoms with Crippen molar-refractivity contribution < 1.29 is 14.7 Å². The first-order chi connectivity index (χ1) is 9.55. The maximum atomic E-state index is 12.1. The van der Waals surface area contributed by atoms with Crippen LogP contribution in [0.15, 0.2) is 11.6 Å². The zero-order chi connectivity index (χ0) is 14.6. The number of nitrogens with two attached hydrogens (primary N) is 1. The second kappa shape index (κ2) is 6.42. The average Bonchev–Trinajstić information content (AvgIpc) is 2.39. The van der Waals surface area contributed by atoms with Crippen LogP contribution in [0, 0.1) is 11.3 Å². The number of carboxylic acid groups (broad SMARTS) is 1. The summed E-state index contributed by atoms with van der Waals surface area (Å²) < 4.78 is 0. The summed E-state index contributed by atoms with van der Waals surface area (Å²) in [6, 6.07) is 0. The number of rotatable bonds is 5. The quantitative estimate of drug-likeness (QED) is 0.759. The molecular weight excluding hydrogens is 254 g/mol. The van der Waals surface area contributed by atoms with Gasteiger partial charge in [-0.05, 0) is 43.9 Å². The molecule has 1 fully saturated rings. The van der Waals surface area contributed by atoms with E-state index < -0.39 is 11.4 Å². The highest BCUT2D eigenvalue weighted by Crippen LogP contribution is 2.49. The molecule has 0 aromatic heterocycles. The van der Waals surface area contributed by atoms with Crippen LogP contribution in [0.1, 0.15) is 64.2 Å². The third-order valence-corrected chi connectivity index (χ3v) is 4.95. The lowest BCUT2D eigenvalue weighted by molar-refractivity contribution is -0.142. The highest BCUT2D eigenvalue weighted by atomic mass is 16.4. The van der Waals surface area contributed by atoms with Gasteiger partial charge in [-0.3, -0.25) is 9.59 Å². The van der Waals surface area contributed by atoms with Crippen LogP contribution >= 0.6 is 0 Å². The number of aliphatic carboxylic acids is 1. The van der Waals surface area contributed by atoms with Gasteiger partial charge in [-0.2, -0.15) is 0 Å². The van der Waals surface area contributed by atoms with Crippen LogP contribution in [-0.2, 0) is 9.59 Å². The summed E-state index contributed by atoms with van der Waals surface area (Å²) in [4.78, 5) is 23.4. The van der Waals surface area contributed by atoms with Crippen molar-refractivity contribution in [1.29, 1.82) is 0 Å². The Morgan fingerprint density at radius 1 is 1.20 bits per heavy atom. The van der Waals surface area contributed by atoms with Gasteiger partial charge in [-0.25, -0.2) is 0 Å². The van der Waals surface area contributed by atoms with E-state index in [1.165, 1.54) is 0 Å². The molecule has 2 rings (SSSR count). The van der Waals surface area contributed by atoms with Gasteiger partial charge in [0, 0.05) is 0 Å². The standard InChI is InChI=1S/C16H25NO3/c17-15(20)14(12-7-3-1-4-8-12)16(11-13(18)19)9-5-2-6-10-16/h7,14H,1-6,8-11H2,(H2,17,20)(H,18,19). The summed E-state index contributed by atoms with van der Waals surface area (Å²) in [7, 11) is 0. The van der Waals surface area contributed by atoms with E-state index in [1.54, 1.807) is 0 Å². The van der Waals surface area contributed by atoms with Crippen LogP contribution in [0.5, 0.6) is 0 Å². The fourth-order valence-corrected chi connectivity index (χ4v) is 4.13. The largest absolute Gasteiger partial charge is 0.481 e. The molecule has 0 heterocycles. The lowest BCUT2D eigenvalue weighted by Gasteiger charge is -2.43. The molecule has 0 aromatic rings. The van der Waals surface area contributed by atoms with Crippen LogP contribution in [0.4, 0.5) is 0 Å². The molecule has 2 aliphatic carbocycles. The molecule has 0 aliphatic heterocycles. The summed E-state index contributed by atoms with van der Waals surface area (Å²) in [5.74, 6) is -1.52. The Labute approximate surface area is 120 Å². The minimum Gasteiger partial charge on any atom is -0.481 e. The first-order valence-corrected chi connectivity index (χ1v) is 7.75. The van der Waals surface area contributed by atoms with Gasteiger partial charge in [0.25, 0.3) is 0 Å². The number of amides is 1. The van der Waals surface area contributed by atoms with Crippen molar-refractivity contribution in [1.82, 2.24) is 0 Å². The predicted octanol–water partition coefficient (Wildman–Crippen LogP) is 3.01. The van der Waals surface area contributed by atoms with Gasteiger partial charge < -0.3 is 10.8 Å². The lowest BCUT2D eigenvalue weighted by Crippen LogP contribution is -2.43. The topological polar surface area (TPSA) is 80.4 Å². The van der Waals surface area contributed by atoms with Crippen molar-refractivity contribution in [2.75, 3.05) is 0 Å². The van der Waals surface area contributed by atoms with Crippen LogP contribution in [0.25, 0.3) is 0 Å². The minimum atomic E-state index is -0.811. The molecule has 0 saturated heterocycles. The van der Waals surface area contributed by atoms with Gasteiger partial charge in [0.1, 0.15) is 0 Å². The van der Waals surface area contributed by atoms with Gasteiger partial charge in [0.05, 0.1) is 12.3 Å². The Bertz CT molecular complexity index is 408. The maximum Gasteiger partial charge on any atom is 0.303 e. The molecule has 4 nitrogen and oxygen atoms in total. The summed E-state index contributed by atoms with van der Waals surface area (Å²) >= 11 is 0. The third-order valence-electron chi connectivity index (χ3n) is 4.95. The van der Waals surface area contributed by atoms with E-state index in [1.807, 2.05) is 0 Å². The Kier molecular flexibility index (Phi) is 4.84. The first kappa shape index (κ1) is 15.1. The van der Waals surface area contributed by atoms with Crippen molar-refractivity contribution in [3.63, 3.8) is 0 Å². The Hall–Kier alpha value is -1.32. The van der Waals surface area contributed by atoms with Crippen molar-refractivity contribution in [2.45, 2.75) is 64.2 Å². The monoisotopic (exact) mass is 279 g/mol. The SMILES string of the molecule is NC(=O)C(C1=CCCCC1)C1(CC(=O)O)CCCCC1. The molecule has 1 unspecified atom stereocenters. The summed E-state index contributed by atoms with van der Waals surface area (Å²) in [5.41, 5.74) is 6.34. The highest BCUT2D eigenvalue weighted by Gasteiger charge is 2.45. The smallest absolute Gasteiger partial charge is 0.303 e. The molecule has 3 N–H and O–H groups in total. The maximum absolute atomic E-state index is 12.1. The number of hydrogen-bond acceptors (Lipinski definition) is 2. The van der Waals surface area contributed by atoms with E-state index in [4.69, 9.17) is 5.73 Å². The number of allylic oxidation sites excluding steroid dienone is 1. The molecule has 1 saturated carbocycles. The zero-order valence-electron chi connectivity index (χ0n) is 12.1. The van der Waals surface area contributed by atoms with E-state index in [2.05, 4.69) is 6.08 Å². The van der Waals surface area contributed by atoms with Crippen LogP contribution in [-0.4, -0.2) is 17.0 Å². The van der Waals surface area contributed by atoms with E-state index in [0.717, 1.165) is 63.4 Å². The molecule has 4 heteroatoms. The minimum absolute atomic E-state index is 0.0674. The molecule has 2 aliphatic rings. The number of primary amides is 1. The number of hydrogen-bond donors (Lipinski definition) is 2. The zero-order valence-corrected chi connectivity index (χ0v) is 12.1. The normalized spacial score (nSPS) is 23.7. The van der Waals surface area contributed by atoms with E-state index in [-0.39, 0.29) is 18.2 Å². The highest BCUT2D eigenvalue weighted by molar-refractivity contribution is 5.82. The molecule has 1 atom stereocenters. The van der Waals surface area contributed by atoms with E-state index in [9.17, 15) is 14.7 Å². The third kappa shape index (κ3) is 3.22. The van der Waals surface area contributed by atoms with Gasteiger partial charge in [0.2, 0.25) is 5.91 Å². The average molecular weight is 279 g/mol. The fourth-order valence-electron chi connectivity index (χ4n) is 4.13. The van der Waals surface area contributed by atoms with Crippen molar-refractivity contribution in [3.05, 3.63) is 11.6 Å². The second-order valence-corrected chi connectivity index (χ2v) is 6.35. The Morgan fingerprint density at radius 3 is 2.40 bits per heavy atom. The summed E-state index contributed by atoms with van der Waals surface area (Å²) in [6.45, 7) is 0. The predicted molar refractivity (Wildman–Crippen MR) is 77.0 cm³/mol. The molecule has 0 aromatic carbocycles. The second-order valence-electron chi connectivity index (χ2n) is 6.35. The molecule has 0 radical (unpaired) electrons. The molecule has 112 valence electrons. The van der Waals surface area contributed by atoms with Crippen LogP contribution in [0.3, 0.4) is 0 Å². The Morgan fingerprint density at radius 2 is 1.90 bits per heavy atom. The van der Waals surface area contributed by atoms with Crippen molar-refractivity contribution in [3.8, 4) is 0 Å². The number of carbonyl (C=O) groups is 2. The molecule has 0 bridgehead atoms. The fraction of sp³-hybridized carbons (Fsp3) is 0.750. The van der Waals surface area contributed by atoms with E-state index in [0.29, 0.717) is 0 Å². The Balaban J connectivity index is 2.33. The molecular formula is C16H25NO3. The van der Waals surface area contributed by atoms with Gasteiger partial charge in [-0.15, -0.1) is 0 Å². The van der Waals surface area contributed by atoms with E-state index >= 15 is 0 Å². The molecule has 0 spiro atoms. The van der Waals surface area contributed by atoms with Crippen molar-refractivity contribution in [2.24, 2.45) is 17.1 Å². The summed E-state index contributed by atoms with van der Waals surface area (Å²) in [6.07, 6.45) is 11.1. The number of carbonyl (C=O) groups excluding carboxylic acids is 1. The van der Waals surface area contributed by atoms with Crippen LogP contribution < -0.4 is 5.73 Å². The van der Waals surface area contributed by atoms with Gasteiger partial charge in [0.15, 0.2) is 0 Å². The lowest BCUT2D eigenvalue weighted by atomic mass is 9.60.